The van der Waals surface area contributed by atoms with Gasteiger partial charge in [-0.3, -0.25) is 9.58 Å². The summed E-state index contributed by atoms with van der Waals surface area (Å²) in [6.07, 6.45) is 8.95. The summed E-state index contributed by atoms with van der Waals surface area (Å²) in [5, 5.41) is 4.32. The van der Waals surface area contributed by atoms with E-state index in [0.29, 0.717) is 17.9 Å². The van der Waals surface area contributed by atoms with E-state index < -0.39 is 15.9 Å². The van der Waals surface area contributed by atoms with Gasteiger partial charge in [-0.2, -0.15) is 5.10 Å². The van der Waals surface area contributed by atoms with E-state index in [1.807, 2.05) is 26.0 Å². The van der Waals surface area contributed by atoms with Gasteiger partial charge in [0, 0.05) is 47.6 Å². The van der Waals surface area contributed by atoms with Crippen molar-refractivity contribution in [3.63, 3.8) is 0 Å². The SMILES string of the molecule is COC(=O)N1c2ccc(-c3cnn(CCS(C)(=O)=O)c3)c(Oc3ncc(C)cn3)c2CCC1C. The van der Waals surface area contributed by atoms with Gasteiger partial charge >= 0.3 is 12.1 Å². The molecule has 0 spiro atoms. The van der Waals surface area contributed by atoms with Crippen molar-refractivity contribution in [2.24, 2.45) is 0 Å². The van der Waals surface area contributed by atoms with Crippen molar-refractivity contribution in [1.82, 2.24) is 19.7 Å². The van der Waals surface area contributed by atoms with Crippen molar-refractivity contribution in [2.75, 3.05) is 24.0 Å². The first-order chi connectivity index (χ1) is 16.2. The van der Waals surface area contributed by atoms with Crippen LogP contribution in [0.2, 0.25) is 0 Å². The fourth-order valence-electron chi connectivity index (χ4n) is 3.93. The quantitative estimate of drug-likeness (QED) is 0.522. The van der Waals surface area contributed by atoms with Gasteiger partial charge in [0.1, 0.15) is 15.6 Å². The molecule has 0 saturated heterocycles. The van der Waals surface area contributed by atoms with E-state index >= 15 is 0 Å². The van der Waals surface area contributed by atoms with Gasteiger partial charge in [-0.25, -0.2) is 23.2 Å². The van der Waals surface area contributed by atoms with Gasteiger partial charge in [0.05, 0.1) is 31.3 Å². The van der Waals surface area contributed by atoms with Crippen molar-refractivity contribution in [3.8, 4) is 22.9 Å². The van der Waals surface area contributed by atoms with E-state index in [1.54, 1.807) is 34.4 Å². The van der Waals surface area contributed by atoms with E-state index in [-0.39, 0.29) is 24.3 Å². The van der Waals surface area contributed by atoms with Gasteiger partial charge in [0.25, 0.3) is 0 Å². The summed E-state index contributed by atoms with van der Waals surface area (Å²) in [6, 6.07) is 3.88. The summed E-state index contributed by atoms with van der Waals surface area (Å²) in [4.78, 5) is 22.7. The summed E-state index contributed by atoms with van der Waals surface area (Å²) >= 11 is 0. The zero-order valence-corrected chi connectivity index (χ0v) is 20.4. The summed E-state index contributed by atoms with van der Waals surface area (Å²) in [6.45, 7) is 4.11. The molecular formula is C23H27N5O5S. The highest BCUT2D eigenvalue weighted by molar-refractivity contribution is 7.90. The highest BCUT2D eigenvalue weighted by Crippen LogP contribution is 2.44. The molecule has 34 heavy (non-hydrogen) atoms. The third kappa shape index (κ3) is 5.04. The highest BCUT2D eigenvalue weighted by atomic mass is 32.2. The molecule has 0 bridgehead atoms. The number of ether oxygens (including phenoxy) is 2. The number of benzene rings is 1. The number of fused-ring (bicyclic) bond motifs is 1. The summed E-state index contributed by atoms with van der Waals surface area (Å²) in [5.41, 5.74) is 3.95. The van der Waals surface area contributed by atoms with E-state index in [4.69, 9.17) is 9.47 Å². The second-order valence-electron chi connectivity index (χ2n) is 8.43. The Kier molecular flexibility index (Phi) is 6.56. The molecule has 0 aliphatic carbocycles. The molecule has 0 saturated carbocycles. The van der Waals surface area contributed by atoms with Crippen LogP contribution in [0.25, 0.3) is 11.1 Å². The molecule has 0 radical (unpaired) electrons. The zero-order chi connectivity index (χ0) is 24.5. The average Bonchev–Trinajstić information content (AvgIpc) is 3.27. The molecule has 11 heteroatoms. The molecule has 1 amide bonds. The van der Waals surface area contributed by atoms with Crippen LogP contribution in [0.1, 0.15) is 24.5 Å². The van der Waals surface area contributed by atoms with E-state index in [0.717, 1.165) is 28.7 Å². The van der Waals surface area contributed by atoms with Crippen LogP contribution in [0.15, 0.2) is 36.9 Å². The van der Waals surface area contributed by atoms with Gasteiger partial charge in [-0.05, 0) is 44.4 Å². The Balaban J connectivity index is 1.80. The number of rotatable bonds is 6. The number of sulfone groups is 1. The van der Waals surface area contributed by atoms with Crippen molar-refractivity contribution in [3.05, 3.63) is 48.0 Å². The minimum absolute atomic E-state index is 0.00908. The smallest absolute Gasteiger partial charge is 0.414 e. The topological polar surface area (TPSA) is 117 Å². The van der Waals surface area contributed by atoms with Crippen molar-refractivity contribution < 1.29 is 22.7 Å². The Bertz CT molecular complexity index is 1300. The highest BCUT2D eigenvalue weighted by Gasteiger charge is 2.32. The third-order valence-electron chi connectivity index (χ3n) is 5.71. The number of methoxy groups -OCH3 is 1. The molecule has 3 heterocycles. The lowest BCUT2D eigenvalue weighted by Gasteiger charge is -2.35. The molecule has 1 aliphatic heterocycles. The molecule has 0 N–H and O–H groups in total. The lowest BCUT2D eigenvalue weighted by atomic mass is 9.92. The minimum atomic E-state index is -3.12. The largest absolute Gasteiger partial charge is 0.452 e. The number of hydrogen-bond acceptors (Lipinski definition) is 8. The molecule has 10 nitrogen and oxygen atoms in total. The Labute approximate surface area is 198 Å². The van der Waals surface area contributed by atoms with E-state index in [1.165, 1.54) is 13.4 Å². The number of amides is 1. The van der Waals surface area contributed by atoms with Crippen LogP contribution < -0.4 is 9.64 Å². The zero-order valence-electron chi connectivity index (χ0n) is 19.6. The number of nitrogens with zero attached hydrogens (tertiary/aromatic N) is 5. The molecule has 1 atom stereocenters. The van der Waals surface area contributed by atoms with E-state index in [2.05, 4.69) is 15.1 Å². The van der Waals surface area contributed by atoms with Gasteiger partial charge < -0.3 is 9.47 Å². The molecule has 180 valence electrons. The number of hydrogen-bond donors (Lipinski definition) is 0. The first kappa shape index (κ1) is 23.7. The summed E-state index contributed by atoms with van der Waals surface area (Å²) in [5.74, 6) is 0.523. The van der Waals surface area contributed by atoms with Crippen LogP contribution >= 0.6 is 0 Å². The molecular weight excluding hydrogens is 458 g/mol. The number of aryl methyl sites for hydroxylation is 2. The Hall–Kier alpha value is -3.47. The molecule has 3 aromatic rings. The minimum Gasteiger partial charge on any atom is -0.452 e. The van der Waals surface area contributed by atoms with E-state index in [9.17, 15) is 13.2 Å². The molecule has 2 aromatic heterocycles. The fourth-order valence-corrected chi connectivity index (χ4v) is 4.45. The molecule has 1 aliphatic rings. The standard InChI is InChI=1S/C23H27N5O5S/c1-15-11-24-22(25-12-15)33-21-18(17-13-26-27(14-17)9-10-34(4,30)31)7-8-20-19(21)6-5-16(2)28(20)23(29)32-3/h7-8,11-14,16H,5-6,9-10H2,1-4H3. The predicted molar refractivity (Wildman–Crippen MR) is 127 cm³/mol. The second-order valence-corrected chi connectivity index (χ2v) is 10.7. The Morgan fingerprint density at radius 2 is 1.94 bits per heavy atom. The molecule has 1 unspecified atom stereocenters. The number of aromatic nitrogens is 4. The maximum atomic E-state index is 12.5. The normalized spacial score (nSPS) is 15.6. The Morgan fingerprint density at radius 1 is 1.21 bits per heavy atom. The van der Waals surface area contributed by atoms with Gasteiger partial charge in [0.2, 0.25) is 0 Å². The summed E-state index contributed by atoms with van der Waals surface area (Å²) < 4.78 is 35.9. The molecule has 4 rings (SSSR count). The first-order valence-electron chi connectivity index (χ1n) is 10.9. The Morgan fingerprint density at radius 3 is 2.62 bits per heavy atom. The lowest BCUT2D eigenvalue weighted by Crippen LogP contribution is -2.42. The fraction of sp³-hybridized carbons (Fsp3) is 0.391. The number of anilines is 1. The van der Waals surface area contributed by atoms with Crippen molar-refractivity contribution >= 4 is 21.6 Å². The van der Waals surface area contributed by atoms with Crippen LogP contribution in [0, 0.1) is 6.92 Å². The van der Waals surface area contributed by atoms with Gasteiger partial charge in [0.15, 0.2) is 0 Å². The predicted octanol–water partition coefficient (Wildman–Crippen LogP) is 3.39. The maximum absolute atomic E-state index is 12.5. The molecule has 1 aromatic carbocycles. The summed E-state index contributed by atoms with van der Waals surface area (Å²) in [7, 11) is -1.75. The number of carbonyl (C=O) groups excluding carboxylic acids is 1. The first-order valence-corrected chi connectivity index (χ1v) is 12.9. The van der Waals surface area contributed by atoms with Gasteiger partial charge in [-0.1, -0.05) is 0 Å². The van der Waals surface area contributed by atoms with Crippen LogP contribution in [0.3, 0.4) is 0 Å². The van der Waals surface area contributed by atoms with Crippen LogP contribution in [0.5, 0.6) is 11.8 Å². The van der Waals surface area contributed by atoms with Crippen molar-refractivity contribution in [1.29, 1.82) is 0 Å². The maximum Gasteiger partial charge on any atom is 0.414 e. The molecule has 0 fully saturated rings. The number of carbonyl (C=O) groups is 1. The lowest BCUT2D eigenvalue weighted by molar-refractivity contribution is 0.175. The average molecular weight is 486 g/mol. The van der Waals surface area contributed by atoms with Gasteiger partial charge in [-0.15, -0.1) is 0 Å². The third-order valence-corrected chi connectivity index (χ3v) is 6.63. The monoisotopic (exact) mass is 485 g/mol. The van der Waals surface area contributed by atoms with Crippen LogP contribution in [0.4, 0.5) is 10.5 Å². The van der Waals surface area contributed by atoms with Crippen LogP contribution in [-0.4, -0.2) is 59.4 Å². The second kappa shape index (κ2) is 9.41. The van der Waals surface area contributed by atoms with Crippen molar-refractivity contribution in [2.45, 2.75) is 39.3 Å². The van der Waals surface area contributed by atoms with Crippen LogP contribution in [-0.2, 0) is 27.5 Å².